The first-order valence-electron chi connectivity index (χ1n) is 8.54. The first kappa shape index (κ1) is 19.2. The monoisotopic (exact) mass is 398 g/mol. The summed E-state index contributed by atoms with van der Waals surface area (Å²) in [5.74, 6) is 0.946. The molecule has 24 heavy (non-hydrogen) atoms. The lowest BCUT2D eigenvalue weighted by atomic mass is 10.1. The number of ether oxygens (including phenoxy) is 2. The number of halogens is 1. The summed E-state index contributed by atoms with van der Waals surface area (Å²) >= 11 is 3.39. The SMILES string of the molecule is CCOC1CCCN(CC(=O)N(C)CCOc2ccc(Br)cc2)C1. The van der Waals surface area contributed by atoms with E-state index in [9.17, 15) is 4.79 Å². The Morgan fingerprint density at radius 1 is 1.38 bits per heavy atom. The van der Waals surface area contributed by atoms with Crippen molar-refractivity contribution < 1.29 is 14.3 Å². The Labute approximate surface area is 153 Å². The van der Waals surface area contributed by atoms with Crippen LogP contribution in [0.5, 0.6) is 5.75 Å². The van der Waals surface area contributed by atoms with Crippen molar-refractivity contribution in [1.29, 1.82) is 0 Å². The molecule has 0 bridgehead atoms. The van der Waals surface area contributed by atoms with Gasteiger partial charge in [-0.3, -0.25) is 9.69 Å². The third-order valence-electron chi connectivity index (χ3n) is 4.16. The predicted octanol–water partition coefficient (Wildman–Crippen LogP) is 2.79. The number of piperidine rings is 1. The second kappa shape index (κ2) is 10.0. The Bertz CT molecular complexity index is 507. The van der Waals surface area contributed by atoms with Crippen LogP contribution in [-0.2, 0) is 9.53 Å². The van der Waals surface area contributed by atoms with Crippen molar-refractivity contribution in [3.63, 3.8) is 0 Å². The molecule has 0 aromatic heterocycles. The Morgan fingerprint density at radius 3 is 2.83 bits per heavy atom. The van der Waals surface area contributed by atoms with Crippen LogP contribution in [0.3, 0.4) is 0 Å². The number of benzene rings is 1. The Morgan fingerprint density at radius 2 is 2.12 bits per heavy atom. The maximum absolute atomic E-state index is 12.3. The number of amides is 1. The normalized spacial score (nSPS) is 18.4. The van der Waals surface area contributed by atoms with E-state index in [-0.39, 0.29) is 12.0 Å². The van der Waals surface area contributed by atoms with Gasteiger partial charge in [0.05, 0.1) is 19.2 Å². The van der Waals surface area contributed by atoms with Gasteiger partial charge in [-0.15, -0.1) is 0 Å². The van der Waals surface area contributed by atoms with Crippen LogP contribution in [0.25, 0.3) is 0 Å². The maximum atomic E-state index is 12.3. The van der Waals surface area contributed by atoms with Gasteiger partial charge < -0.3 is 14.4 Å². The largest absolute Gasteiger partial charge is 0.492 e. The molecule has 6 heteroatoms. The standard InChI is InChI=1S/C18H27BrN2O3/c1-3-23-17-5-4-10-21(13-17)14-18(22)20(2)11-12-24-16-8-6-15(19)7-9-16/h6-9,17H,3-5,10-14H2,1-2H3. The smallest absolute Gasteiger partial charge is 0.236 e. The molecule has 2 rings (SSSR count). The fourth-order valence-electron chi connectivity index (χ4n) is 2.80. The van der Waals surface area contributed by atoms with Crippen molar-refractivity contribution in [2.45, 2.75) is 25.9 Å². The summed E-state index contributed by atoms with van der Waals surface area (Å²) in [5, 5.41) is 0. The average Bonchev–Trinajstić information content (AvgIpc) is 2.57. The molecule has 134 valence electrons. The second-order valence-electron chi connectivity index (χ2n) is 6.07. The third-order valence-corrected chi connectivity index (χ3v) is 4.69. The molecule has 0 saturated carbocycles. The van der Waals surface area contributed by atoms with Crippen molar-refractivity contribution in [3.8, 4) is 5.75 Å². The molecule has 1 aliphatic heterocycles. The van der Waals surface area contributed by atoms with E-state index in [1.54, 1.807) is 4.90 Å². The van der Waals surface area contributed by atoms with Crippen molar-refractivity contribution in [1.82, 2.24) is 9.80 Å². The number of carbonyl (C=O) groups is 1. The van der Waals surface area contributed by atoms with E-state index >= 15 is 0 Å². The first-order chi connectivity index (χ1) is 11.6. The van der Waals surface area contributed by atoms with E-state index < -0.39 is 0 Å². The number of hydrogen-bond acceptors (Lipinski definition) is 4. The van der Waals surface area contributed by atoms with Crippen LogP contribution in [-0.4, -0.2) is 68.3 Å². The topological polar surface area (TPSA) is 42.0 Å². The van der Waals surface area contributed by atoms with E-state index in [4.69, 9.17) is 9.47 Å². The van der Waals surface area contributed by atoms with E-state index in [1.165, 1.54) is 0 Å². The summed E-state index contributed by atoms with van der Waals surface area (Å²) in [5.41, 5.74) is 0. The van der Waals surface area contributed by atoms with Crippen LogP contribution in [0.15, 0.2) is 28.7 Å². The van der Waals surface area contributed by atoms with E-state index in [0.29, 0.717) is 19.7 Å². The van der Waals surface area contributed by atoms with Gasteiger partial charge in [0.25, 0.3) is 0 Å². The van der Waals surface area contributed by atoms with Crippen LogP contribution >= 0.6 is 15.9 Å². The number of rotatable bonds is 8. The lowest BCUT2D eigenvalue weighted by molar-refractivity contribution is -0.132. The molecule has 0 N–H and O–H groups in total. The molecule has 1 aromatic rings. The number of likely N-dealkylation sites (tertiary alicyclic amines) is 1. The summed E-state index contributed by atoms with van der Waals surface area (Å²) in [6.45, 7) is 6.10. The zero-order valence-corrected chi connectivity index (χ0v) is 16.1. The molecule has 1 saturated heterocycles. The maximum Gasteiger partial charge on any atom is 0.236 e. The van der Waals surface area contributed by atoms with Crippen LogP contribution in [0, 0.1) is 0 Å². The van der Waals surface area contributed by atoms with Gasteiger partial charge in [0.2, 0.25) is 5.91 Å². The van der Waals surface area contributed by atoms with Crippen molar-refractivity contribution in [2.24, 2.45) is 0 Å². The highest BCUT2D eigenvalue weighted by Crippen LogP contribution is 2.16. The molecule has 0 aliphatic carbocycles. The summed E-state index contributed by atoms with van der Waals surface area (Å²) in [7, 11) is 1.83. The fraction of sp³-hybridized carbons (Fsp3) is 0.611. The number of likely N-dealkylation sites (N-methyl/N-ethyl adjacent to an activating group) is 1. The lowest BCUT2D eigenvalue weighted by Crippen LogP contribution is -2.46. The summed E-state index contributed by atoms with van der Waals surface area (Å²) in [6, 6.07) is 7.70. The van der Waals surface area contributed by atoms with Crippen LogP contribution in [0.1, 0.15) is 19.8 Å². The highest BCUT2D eigenvalue weighted by atomic mass is 79.9. The highest BCUT2D eigenvalue weighted by molar-refractivity contribution is 9.10. The molecule has 1 aromatic carbocycles. The zero-order valence-electron chi connectivity index (χ0n) is 14.5. The van der Waals surface area contributed by atoms with Crippen LogP contribution in [0.2, 0.25) is 0 Å². The summed E-state index contributed by atoms with van der Waals surface area (Å²) < 4.78 is 12.4. The Balaban J connectivity index is 1.68. The van der Waals surface area contributed by atoms with E-state index in [2.05, 4.69) is 20.8 Å². The Kier molecular flexibility index (Phi) is 8.02. The second-order valence-corrected chi connectivity index (χ2v) is 6.99. The number of carbonyl (C=O) groups excluding carboxylic acids is 1. The van der Waals surface area contributed by atoms with Gasteiger partial charge >= 0.3 is 0 Å². The molecule has 1 atom stereocenters. The fourth-order valence-corrected chi connectivity index (χ4v) is 3.06. The minimum Gasteiger partial charge on any atom is -0.492 e. The quantitative estimate of drug-likeness (QED) is 0.674. The number of nitrogens with zero attached hydrogens (tertiary/aromatic N) is 2. The molecule has 1 aliphatic rings. The van der Waals surface area contributed by atoms with Crippen molar-refractivity contribution >= 4 is 21.8 Å². The van der Waals surface area contributed by atoms with Crippen LogP contribution in [0.4, 0.5) is 0 Å². The molecule has 1 unspecified atom stereocenters. The third kappa shape index (κ3) is 6.42. The van der Waals surface area contributed by atoms with Gasteiger partial charge in [0.1, 0.15) is 12.4 Å². The van der Waals surface area contributed by atoms with Gasteiger partial charge in [-0.1, -0.05) is 15.9 Å². The van der Waals surface area contributed by atoms with Crippen molar-refractivity contribution in [3.05, 3.63) is 28.7 Å². The molecule has 0 spiro atoms. The molecular weight excluding hydrogens is 372 g/mol. The molecular formula is C18H27BrN2O3. The van der Waals surface area contributed by atoms with Gasteiger partial charge in [-0.2, -0.15) is 0 Å². The van der Waals surface area contributed by atoms with Gasteiger partial charge in [0.15, 0.2) is 0 Å². The molecule has 0 radical (unpaired) electrons. The van der Waals surface area contributed by atoms with E-state index in [0.717, 1.165) is 42.8 Å². The van der Waals surface area contributed by atoms with Crippen molar-refractivity contribution in [2.75, 3.05) is 46.4 Å². The minimum absolute atomic E-state index is 0.131. The van der Waals surface area contributed by atoms with Gasteiger partial charge in [-0.25, -0.2) is 0 Å². The Hall–Kier alpha value is -1.11. The summed E-state index contributed by atoms with van der Waals surface area (Å²) in [6.07, 6.45) is 2.45. The highest BCUT2D eigenvalue weighted by Gasteiger charge is 2.22. The first-order valence-corrected chi connectivity index (χ1v) is 9.34. The summed E-state index contributed by atoms with van der Waals surface area (Å²) in [4.78, 5) is 16.3. The molecule has 1 fully saturated rings. The average molecular weight is 399 g/mol. The lowest BCUT2D eigenvalue weighted by Gasteiger charge is -2.32. The minimum atomic E-state index is 0.131. The number of hydrogen-bond donors (Lipinski definition) is 0. The van der Waals surface area contributed by atoms with E-state index in [1.807, 2.05) is 38.2 Å². The van der Waals surface area contributed by atoms with Crippen LogP contribution < -0.4 is 4.74 Å². The predicted molar refractivity (Wildman–Crippen MR) is 98.4 cm³/mol. The zero-order chi connectivity index (χ0) is 17.4. The molecule has 1 amide bonds. The molecule has 1 heterocycles. The van der Waals surface area contributed by atoms with Gasteiger partial charge in [-0.05, 0) is 50.6 Å². The van der Waals surface area contributed by atoms with Gasteiger partial charge in [0, 0.05) is 24.7 Å². The molecule has 5 nitrogen and oxygen atoms in total.